The van der Waals surface area contributed by atoms with Gasteiger partial charge in [0.1, 0.15) is 23.5 Å². The van der Waals surface area contributed by atoms with Crippen LogP contribution in [0.25, 0.3) is 0 Å². The molecule has 1 aliphatic heterocycles. The van der Waals surface area contributed by atoms with Gasteiger partial charge in [0.15, 0.2) is 0 Å². The highest BCUT2D eigenvalue weighted by Gasteiger charge is 2.33. The molecule has 4 atom stereocenters. The highest BCUT2D eigenvalue weighted by Crippen LogP contribution is 2.47. The molecule has 3 aromatic rings. The van der Waals surface area contributed by atoms with E-state index in [1.807, 2.05) is 37.3 Å². The maximum absolute atomic E-state index is 10.9. The molecule has 172 valence electrons. The van der Waals surface area contributed by atoms with Crippen molar-refractivity contribution in [2.75, 3.05) is 20.3 Å². The van der Waals surface area contributed by atoms with Gasteiger partial charge in [0.25, 0.3) is 0 Å². The summed E-state index contributed by atoms with van der Waals surface area (Å²) in [5.74, 6) is 3.30. The number of aldehydes is 1. The SMILES string of the molecule is COc1ccc2c(c1)OC[C@H](c1ccccc1)C2c1ccc(OCC(C)CC(C)C=O)cc1. The molecule has 1 aliphatic rings. The van der Waals surface area contributed by atoms with Crippen molar-refractivity contribution in [3.63, 3.8) is 0 Å². The van der Waals surface area contributed by atoms with Crippen LogP contribution in [-0.4, -0.2) is 26.6 Å². The number of hydrogen-bond acceptors (Lipinski definition) is 4. The predicted molar refractivity (Wildman–Crippen MR) is 130 cm³/mol. The summed E-state index contributed by atoms with van der Waals surface area (Å²) in [5.41, 5.74) is 3.66. The van der Waals surface area contributed by atoms with E-state index in [0.717, 1.165) is 30.0 Å². The highest BCUT2D eigenvalue weighted by molar-refractivity contribution is 5.52. The minimum absolute atomic E-state index is 0.0631. The second kappa shape index (κ2) is 10.6. The van der Waals surface area contributed by atoms with E-state index < -0.39 is 0 Å². The summed E-state index contributed by atoms with van der Waals surface area (Å²) < 4.78 is 17.6. The first-order valence-corrected chi connectivity index (χ1v) is 11.6. The second-order valence-electron chi connectivity index (χ2n) is 9.04. The topological polar surface area (TPSA) is 44.8 Å². The van der Waals surface area contributed by atoms with Crippen LogP contribution in [0, 0.1) is 11.8 Å². The lowest BCUT2D eigenvalue weighted by atomic mass is 9.76. The van der Waals surface area contributed by atoms with Crippen LogP contribution >= 0.6 is 0 Å². The summed E-state index contributed by atoms with van der Waals surface area (Å²) >= 11 is 0. The lowest BCUT2D eigenvalue weighted by Crippen LogP contribution is -2.25. The van der Waals surface area contributed by atoms with Crippen molar-refractivity contribution >= 4 is 6.29 Å². The molecular formula is C29H32O4. The van der Waals surface area contributed by atoms with E-state index in [1.165, 1.54) is 16.7 Å². The number of rotatable bonds is 9. The van der Waals surface area contributed by atoms with Crippen LogP contribution in [0.2, 0.25) is 0 Å². The maximum atomic E-state index is 10.9. The van der Waals surface area contributed by atoms with Gasteiger partial charge in [-0.25, -0.2) is 0 Å². The molecule has 4 heteroatoms. The van der Waals surface area contributed by atoms with E-state index in [1.54, 1.807) is 7.11 Å². The molecule has 0 radical (unpaired) electrons. The minimum atomic E-state index is 0.0631. The average molecular weight is 445 g/mol. The zero-order valence-corrected chi connectivity index (χ0v) is 19.6. The molecule has 0 saturated carbocycles. The van der Waals surface area contributed by atoms with Gasteiger partial charge in [-0.1, -0.05) is 62.4 Å². The fraction of sp³-hybridized carbons (Fsp3) is 0.345. The smallest absolute Gasteiger partial charge is 0.126 e. The molecular weight excluding hydrogens is 412 g/mol. The molecule has 0 saturated heterocycles. The van der Waals surface area contributed by atoms with Crippen molar-refractivity contribution in [3.05, 3.63) is 89.5 Å². The monoisotopic (exact) mass is 444 g/mol. The van der Waals surface area contributed by atoms with Crippen molar-refractivity contribution in [3.8, 4) is 17.2 Å². The summed E-state index contributed by atoms with van der Waals surface area (Å²) in [7, 11) is 1.67. The molecule has 3 unspecified atom stereocenters. The van der Waals surface area contributed by atoms with Crippen molar-refractivity contribution in [2.45, 2.75) is 32.1 Å². The van der Waals surface area contributed by atoms with Crippen LogP contribution in [0.1, 0.15) is 48.8 Å². The first-order chi connectivity index (χ1) is 16.1. The Morgan fingerprint density at radius 3 is 2.39 bits per heavy atom. The van der Waals surface area contributed by atoms with Crippen molar-refractivity contribution in [2.24, 2.45) is 11.8 Å². The fourth-order valence-corrected chi connectivity index (χ4v) is 4.69. The van der Waals surface area contributed by atoms with Gasteiger partial charge in [-0.2, -0.15) is 0 Å². The largest absolute Gasteiger partial charge is 0.497 e. The second-order valence-corrected chi connectivity index (χ2v) is 9.04. The Labute approximate surface area is 196 Å². The van der Waals surface area contributed by atoms with E-state index in [2.05, 4.69) is 49.4 Å². The third-order valence-corrected chi connectivity index (χ3v) is 6.38. The van der Waals surface area contributed by atoms with Gasteiger partial charge in [-0.3, -0.25) is 0 Å². The standard InChI is InChI=1S/C29H32O4/c1-20(17-30)15-21(2)18-32-24-11-9-23(10-12-24)29-26-14-13-25(31-3)16-28(26)33-19-27(29)22-7-5-4-6-8-22/h4-14,16-17,20-21,27,29H,15,18-19H2,1-3H3/t20?,21?,27-,29?/m1/s1. The summed E-state index contributed by atoms with van der Waals surface area (Å²) in [5, 5.41) is 0. The van der Waals surface area contributed by atoms with E-state index in [0.29, 0.717) is 19.1 Å². The molecule has 4 nitrogen and oxygen atoms in total. The Morgan fingerprint density at radius 2 is 1.70 bits per heavy atom. The predicted octanol–water partition coefficient (Wildman–Crippen LogP) is 6.24. The zero-order valence-electron chi connectivity index (χ0n) is 19.6. The molecule has 0 fully saturated rings. The van der Waals surface area contributed by atoms with Crippen LogP contribution in [0.4, 0.5) is 0 Å². The number of fused-ring (bicyclic) bond motifs is 1. The molecule has 1 heterocycles. The maximum Gasteiger partial charge on any atom is 0.126 e. The number of methoxy groups -OCH3 is 1. The van der Waals surface area contributed by atoms with Crippen LogP contribution in [0.5, 0.6) is 17.2 Å². The van der Waals surface area contributed by atoms with Gasteiger partial charge in [0, 0.05) is 29.4 Å². The Morgan fingerprint density at radius 1 is 0.970 bits per heavy atom. The fourth-order valence-electron chi connectivity index (χ4n) is 4.69. The summed E-state index contributed by atoms with van der Waals surface area (Å²) in [6.07, 6.45) is 1.85. The third kappa shape index (κ3) is 5.39. The van der Waals surface area contributed by atoms with Gasteiger partial charge in [0.05, 0.1) is 20.3 Å². The molecule has 0 amide bonds. The van der Waals surface area contributed by atoms with Gasteiger partial charge >= 0.3 is 0 Å². The summed E-state index contributed by atoms with van der Waals surface area (Å²) in [4.78, 5) is 10.9. The van der Waals surface area contributed by atoms with E-state index in [-0.39, 0.29) is 17.8 Å². The molecule has 0 spiro atoms. The number of benzene rings is 3. The van der Waals surface area contributed by atoms with Gasteiger partial charge < -0.3 is 19.0 Å². The minimum Gasteiger partial charge on any atom is -0.497 e. The highest BCUT2D eigenvalue weighted by atomic mass is 16.5. The molecule has 0 N–H and O–H groups in total. The van der Waals surface area contributed by atoms with Crippen molar-refractivity contribution < 1.29 is 19.0 Å². The normalized spacial score (nSPS) is 19.0. The molecule has 33 heavy (non-hydrogen) atoms. The van der Waals surface area contributed by atoms with Crippen molar-refractivity contribution in [1.82, 2.24) is 0 Å². The molecule has 4 rings (SSSR count). The quantitative estimate of drug-likeness (QED) is 0.366. The lowest BCUT2D eigenvalue weighted by molar-refractivity contribution is -0.111. The number of ether oxygens (including phenoxy) is 3. The number of carbonyl (C=O) groups is 1. The van der Waals surface area contributed by atoms with Crippen LogP contribution in [-0.2, 0) is 4.79 Å². The average Bonchev–Trinajstić information content (AvgIpc) is 2.87. The van der Waals surface area contributed by atoms with E-state index >= 15 is 0 Å². The van der Waals surface area contributed by atoms with Gasteiger partial charge in [0.2, 0.25) is 0 Å². The van der Waals surface area contributed by atoms with Crippen molar-refractivity contribution in [1.29, 1.82) is 0 Å². The molecule has 0 aliphatic carbocycles. The Hall–Kier alpha value is -3.27. The molecule has 3 aromatic carbocycles. The Balaban J connectivity index is 1.58. The van der Waals surface area contributed by atoms with Gasteiger partial charge in [-0.15, -0.1) is 0 Å². The lowest BCUT2D eigenvalue weighted by Gasteiger charge is -2.34. The van der Waals surface area contributed by atoms with E-state index in [4.69, 9.17) is 14.2 Å². The third-order valence-electron chi connectivity index (χ3n) is 6.38. The van der Waals surface area contributed by atoms with Gasteiger partial charge in [-0.05, 0) is 41.7 Å². The number of hydrogen-bond donors (Lipinski definition) is 0. The Bertz CT molecular complexity index is 1040. The summed E-state index contributed by atoms with van der Waals surface area (Å²) in [6, 6.07) is 25.1. The first-order valence-electron chi connectivity index (χ1n) is 11.6. The number of carbonyl (C=O) groups excluding carboxylic acids is 1. The summed E-state index contributed by atoms with van der Waals surface area (Å²) in [6.45, 7) is 5.28. The van der Waals surface area contributed by atoms with Crippen LogP contribution in [0.3, 0.4) is 0 Å². The first kappa shape index (κ1) is 22.9. The van der Waals surface area contributed by atoms with Crippen LogP contribution < -0.4 is 14.2 Å². The van der Waals surface area contributed by atoms with Crippen LogP contribution in [0.15, 0.2) is 72.8 Å². The molecule has 0 aromatic heterocycles. The Kier molecular flexibility index (Phi) is 7.33. The molecule has 0 bridgehead atoms. The van der Waals surface area contributed by atoms with E-state index in [9.17, 15) is 4.79 Å². The zero-order chi connectivity index (χ0) is 23.2.